The molecule has 5 N–H and O–H groups in total. The van der Waals surface area contributed by atoms with Crippen LogP contribution >= 0.6 is 35.7 Å². The number of nitrogen functional groups attached to an aromatic ring is 1. The molecule has 0 unspecified atom stereocenters. The number of carbonyl (C=O) groups is 5. The number of thioether (sulfide) groups is 1. The maximum Gasteiger partial charge on any atom is 0.355 e. The lowest BCUT2D eigenvalue weighted by molar-refractivity contribution is -0.152. The number of esters is 2. The van der Waals surface area contributed by atoms with Gasteiger partial charge in [0.1, 0.15) is 23.7 Å². The van der Waals surface area contributed by atoms with E-state index in [2.05, 4.69) is 25.1 Å². The first-order chi connectivity index (χ1) is 23.0. The zero-order valence-corrected chi connectivity index (χ0v) is 29.6. The molecule has 16 nitrogen and oxygen atoms in total. The van der Waals surface area contributed by atoms with Crippen LogP contribution in [0.25, 0.3) is 0 Å². The number of nitrogens with zero attached hydrogens (tertiary/aromatic N) is 5. The number of amides is 3. The molecule has 0 spiro atoms. The van der Waals surface area contributed by atoms with Gasteiger partial charge in [-0.2, -0.15) is 9.36 Å². The van der Waals surface area contributed by atoms with Crippen LogP contribution in [-0.2, 0) is 33.4 Å². The minimum Gasteiger partial charge on any atom is -0.462 e. The van der Waals surface area contributed by atoms with Crippen molar-refractivity contribution in [1.29, 1.82) is 0 Å². The SMILES string of the molecule is CC/C=C(\COC(=O)C1=C(/C=C2\CCN([C@@H]3CCNC3)C2=O)CS[C@@H]2[C@H](NC(=O)/C(=N\O)c3nsc(N)n3)C(=O)N12)C(=O)OCC(C)C.Cl. The highest BCUT2D eigenvalue weighted by Crippen LogP contribution is 2.42. The van der Waals surface area contributed by atoms with Crippen molar-refractivity contribution in [1.82, 2.24) is 29.8 Å². The lowest BCUT2D eigenvalue weighted by atomic mass is 10.0. The molecule has 0 saturated carbocycles. The summed E-state index contributed by atoms with van der Waals surface area (Å²) >= 11 is 2.08. The summed E-state index contributed by atoms with van der Waals surface area (Å²) in [5, 5.41) is 17.6. The number of halogens is 1. The third kappa shape index (κ3) is 8.25. The molecule has 1 aromatic heterocycles. The molecule has 49 heavy (non-hydrogen) atoms. The lowest BCUT2D eigenvalue weighted by Crippen LogP contribution is -2.71. The largest absolute Gasteiger partial charge is 0.462 e. The van der Waals surface area contributed by atoms with Crippen LogP contribution in [0.1, 0.15) is 45.9 Å². The number of hydrogen-bond acceptors (Lipinski definition) is 15. The molecule has 0 radical (unpaired) electrons. The summed E-state index contributed by atoms with van der Waals surface area (Å²) in [5.41, 5.74) is 6.07. The van der Waals surface area contributed by atoms with Crippen molar-refractivity contribution in [2.45, 2.75) is 57.5 Å². The van der Waals surface area contributed by atoms with E-state index < -0.39 is 47.5 Å². The first-order valence-electron chi connectivity index (χ1n) is 15.6. The van der Waals surface area contributed by atoms with Gasteiger partial charge in [0.2, 0.25) is 17.4 Å². The van der Waals surface area contributed by atoms with Gasteiger partial charge in [-0.1, -0.05) is 32.0 Å². The van der Waals surface area contributed by atoms with Gasteiger partial charge in [-0.3, -0.25) is 19.3 Å². The Morgan fingerprint density at radius 3 is 2.67 bits per heavy atom. The van der Waals surface area contributed by atoms with E-state index >= 15 is 0 Å². The van der Waals surface area contributed by atoms with E-state index in [1.807, 2.05) is 25.7 Å². The van der Waals surface area contributed by atoms with Crippen LogP contribution in [0.3, 0.4) is 0 Å². The number of nitrogens with two attached hydrogens (primary N) is 1. The van der Waals surface area contributed by atoms with Gasteiger partial charge in [0, 0.05) is 42.0 Å². The predicted octanol–water partition coefficient (Wildman–Crippen LogP) is 0.974. The number of ether oxygens (including phenoxy) is 2. The average Bonchev–Trinajstić information content (AvgIpc) is 3.83. The Morgan fingerprint density at radius 2 is 2.04 bits per heavy atom. The van der Waals surface area contributed by atoms with Crippen molar-refractivity contribution in [3.8, 4) is 0 Å². The highest BCUT2D eigenvalue weighted by atomic mass is 35.5. The molecule has 0 aromatic carbocycles. The number of carbonyl (C=O) groups excluding carboxylic acids is 5. The van der Waals surface area contributed by atoms with Gasteiger partial charge in [-0.15, -0.1) is 24.2 Å². The quantitative estimate of drug-likeness (QED) is 0.0588. The number of β-lactam (4-membered cyclic amide) rings is 1. The standard InChI is InChI=1S/C30H38N8O8S2.ClH/c1-4-5-17(28(42)45-12-15(2)3)13-46-29(43)22-18(10-16-7-9-37(25(16)40)19-6-8-32-11-19)14-47-27-21(26(41)38(22)27)33-24(39)20(35-44)23-34-30(31)48-36-23;/h5,10,15,19,21,27,32,44H,4,6-9,11-14H2,1-3H3,(H,33,39)(H2,31,34,36);1H/b16-10+,17-5+,35-20-;/t19-,21-,27-;/m1./s1. The van der Waals surface area contributed by atoms with Crippen LogP contribution in [0.4, 0.5) is 5.13 Å². The molecule has 3 amide bonds. The minimum atomic E-state index is -1.09. The molecule has 5 rings (SSSR count). The Balaban J connectivity index is 0.00000541. The van der Waals surface area contributed by atoms with Gasteiger partial charge in [0.15, 0.2) is 5.13 Å². The van der Waals surface area contributed by atoms with Crippen LogP contribution in [0.15, 0.2) is 39.7 Å². The number of aromatic nitrogens is 2. The second-order valence-corrected chi connectivity index (χ2v) is 13.8. The van der Waals surface area contributed by atoms with Crippen molar-refractivity contribution in [2.75, 3.05) is 44.3 Å². The summed E-state index contributed by atoms with van der Waals surface area (Å²) in [6.45, 7) is 7.54. The van der Waals surface area contributed by atoms with Gasteiger partial charge < -0.3 is 35.9 Å². The van der Waals surface area contributed by atoms with E-state index in [1.54, 1.807) is 12.2 Å². The van der Waals surface area contributed by atoms with Crippen LogP contribution in [0.5, 0.6) is 0 Å². The summed E-state index contributed by atoms with van der Waals surface area (Å²) in [4.78, 5) is 73.3. The highest BCUT2D eigenvalue weighted by molar-refractivity contribution is 8.00. The van der Waals surface area contributed by atoms with E-state index in [4.69, 9.17) is 15.2 Å². The predicted molar refractivity (Wildman–Crippen MR) is 183 cm³/mol. The topological polar surface area (TPSA) is 219 Å². The van der Waals surface area contributed by atoms with Crippen molar-refractivity contribution in [2.24, 2.45) is 11.1 Å². The van der Waals surface area contributed by atoms with Gasteiger partial charge in [0.05, 0.1) is 12.2 Å². The highest BCUT2D eigenvalue weighted by Gasteiger charge is 2.55. The third-order valence-electron chi connectivity index (χ3n) is 8.05. The van der Waals surface area contributed by atoms with E-state index in [0.29, 0.717) is 37.1 Å². The molecule has 1 aromatic rings. The fourth-order valence-corrected chi connectivity index (χ4v) is 7.44. The number of rotatable bonds is 12. The van der Waals surface area contributed by atoms with Crippen LogP contribution < -0.4 is 16.4 Å². The van der Waals surface area contributed by atoms with E-state index in [0.717, 1.165) is 24.5 Å². The van der Waals surface area contributed by atoms with Gasteiger partial charge in [-0.05, 0) is 43.4 Å². The maximum absolute atomic E-state index is 13.8. The minimum absolute atomic E-state index is 0. The van der Waals surface area contributed by atoms with Gasteiger partial charge in [-0.25, -0.2) is 9.59 Å². The number of allylic oxidation sites excluding steroid dienone is 2. The molecule has 19 heteroatoms. The summed E-state index contributed by atoms with van der Waals surface area (Å²) in [7, 11) is 0. The molecule has 0 aliphatic carbocycles. The normalized spacial score (nSPS) is 23.4. The zero-order chi connectivity index (χ0) is 34.5. The van der Waals surface area contributed by atoms with Crippen molar-refractivity contribution < 1.29 is 38.7 Å². The Morgan fingerprint density at radius 1 is 1.27 bits per heavy atom. The summed E-state index contributed by atoms with van der Waals surface area (Å²) in [6, 6.07) is -0.997. The van der Waals surface area contributed by atoms with E-state index in [-0.39, 0.29) is 64.9 Å². The number of likely N-dealkylation sites (tertiary alicyclic amines) is 1. The maximum atomic E-state index is 13.8. The smallest absolute Gasteiger partial charge is 0.355 e. The number of oxime groups is 1. The first kappa shape index (κ1) is 37.8. The van der Waals surface area contributed by atoms with Crippen molar-refractivity contribution >= 4 is 76.2 Å². The first-order valence-corrected chi connectivity index (χ1v) is 17.4. The van der Waals surface area contributed by atoms with Crippen molar-refractivity contribution in [3.05, 3.63) is 40.4 Å². The van der Waals surface area contributed by atoms with E-state index in [1.165, 1.54) is 16.7 Å². The number of hydrogen-bond donors (Lipinski definition) is 4. The molecule has 3 saturated heterocycles. The number of nitrogens with one attached hydrogen (secondary N) is 2. The molecule has 0 bridgehead atoms. The van der Waals surface area contributed by atoms with Crippen molar-refractivity contribution in [3.63, 3.8) is 0 Å². The van der Waals surface area contributed by atoms with Gasteiger partial charge in [0.25, 0.3) is 11.8 Å². The second-order valence-electron chi connectivity index (χ2n) is 11.9. The summed E-state index contributed by atoms with van der Waals surface area (Å²) < 4.78 is 14.8. The lowest BCUT2D eigenvalue weighted by Gasteiger charge is -2.49. The van der Waals surface area contributed by atoms with Gasteiger partial charge >= 0.3 is 11.9 Å². The molecule has 4 aliphatic rings. The Bertz CT molecular complexity index is 1600. The third-order valence-corrected chi connectivity index (χ3v) is 9.89. The second kappa shape index (κ2) is 16.6. The molecule has 3 atom stereocenters. The number of anilines is 1. The zero-order valence-electron chi connectivity index (χ0n) is 27.2. The summed E-state index contributed by atoms with van der Waals surface area (Å²) in [6.07, 6.45) is 5.09. The van der Waals surface area contributed by atoms with Crippen LogP contribution in [0.2, 0.25) is 0 Å². The Kier molecular flexibility index (Phi) is 12.8. The van der Waals surface area contributed by atoms with Crippen LogP contribution in [0, 0.1) is 5.92 Å². The average molecular weight is 739 g/mol. The van der Waals surface area contributed by atoms with Crippen LogP contribution in [-0.4, -0.2) is 116 Å². The fraction of sp³-hybridized carbons (Fsp3) is 0.533. The molecular weight excluding hydrogens is 700 g/mol. The molecule has 5 heterocycles. The molecule has 4 aliphatic heterocycles. The van der Waals surface area contributed by atoms with E-state index in [9.17, 15) is 29.2 Å². The fourth-order valence-electron chi connectivity index (χ4n) is 5.70. The molecular formula is C30H39ClN8O8S2. The monoisotopic (exact) mass is 738 g/mol. The Hall–Kier alpha value is -4.00. The number of fused-ring (bicyclic) bond motifs is 1. The molecule has 3 fully saturated rings. The Labute approximate surface area is 297 Å². The summed E-state index contributed by atoms with van der Waals surface area (Å²) in [5.74, 6) is -3.02. The molecule has 266 valence electrons.